The third-order valence-electron chi connectivity index (χ3n) is 5.74. The number of nitrogens with zero attached hydrogens (tertiary/aromatic N) is 3. The van der Waals surface area contributed by atoms with Crippen molar-refractivity contribution >= 4 is 41.5 Å². The lowest BCUT2D eigenvalue weighted by Gasteiger charge is -2.20. The van der Waals surface area contributed by atoms with E-state index in [1.54, 1.807) is 7.11 Å². The van der Waals surface area contributed by atoms with Crippen LogP contribution in [0.25, 0.3) is 0 Å². The minimum absolute atomic E-state index is 0. The number of anilines is 1. The fourth-order valence-corrected chi connectivity index (χ4v) is 4.09. The van der Waals surface area contributed by atoms with E-state index in [0.717, 1.165) is 63.8 Å². The van der Waals surface area contributed by atoms with Crippen molar-refractivity contribution in [3.63, 3.8) is 0 Å². The van der Waals surface area contributed by atoms with Crippen molar-refractivity contribution in [3.8, 4) is 5.75 Å². The summed E-state index contributed by atoms with van der Waals surface area (Å²) in [5, 5.41) is 6.88. The number of guanidine groups is 1. The lowest BCUT2D eigenvalue weighted by Crippen LogP contribution is -2.45. The van der Waals surface area contributed by atoms with Gasteiger partial charge in [0.1, 0.15) is 5.75 Å². The van der Waals surface area contributed by atoms with Gasteiger partial charge < -0.3 is 25.2 Å². The van der Waals surface area contributed by atoms with Crippen molar-refractivity contribution in [2.24, 2.45) is 10.9 Å². The number of carbonyl (C=O) groups excluding carboxylic acids is 1. The summed E-state index contributed by atoms with van der Waals surface area (Å²) < 4.78 is 5.35. The quantitative estimate of drug-likeness (QED) is 0.323. The molecular formula is C22H36IN5O2. The lowest BCUT2D eigenvalue weighted by molar-refractivity contribution is -0.129. The zero-order valence-corrected chi connectivity index (χ0v) is 20.7. The van der Waals surface area contributed by atoms with Gasteiger partial charge in [0.05, 0.1) is 7.11 Å². The fraction of sp³-hybridized carbons (Fsp3) is 0.636. The number of rotatable bonds is 7. The first-order chi connectivity index (χ1) is 14.1. The van der Waals surface area contributed by atoms with E-state index in [2.05, 4.69) is 34.6 Å². The Kier molecular flexibility index (Phi) is 10.0. The number of hydrogen-bond donors (Lipinski definition) is 2. The molecule has 0 bridgehead atoms. The largest absolute Gasteiger partial charge is 0.497 e. The van der Waals surface area contributed by atoms with Crippen LogP contribution in [-0.4, -0.2) is 69.2 Å². The number of ether oxygens (including phenoxy) is 1. The first kappa shape index (κ1) is 24.6. The summed E-state index contributed by atoms with van der Waals surface area (Å²) >= 11 is 0. The van der Waals surface area contributed by atoms with Gasteiger partial charge in [-0.05, 0) is 37.8 Å². The number of hydrogen-bond acceptors (Lipinski definition) is 4. The molecule has 2 atom stereocenters. The van der Waals surface area contributed by atoms with Crippen LogP contribution in [0.15, 0.2) is 29.3 Å². The molecule has 0 radical (unpaired) electrons. The summed E-state index contributed by atoms with van der Waals surface area (Å²) in [4.78, 5) is 21.1. The van der Waals surface area contributed by atoms with Crippen LogP contribution in [0.1, 0.15) is 33.1 Å². The summed E-state index contributed by atoms with van der Waals surface area (Å²) in [7, 11) is 1.71. The second kappa shape index (κ2) is 12.2. The third-order valence-corrected chi connectivity index (χ3v) is 5.74. The van der Waals surface area contributed by atoms with E-state index in [1.807, 2.05) is 24.0 Å². The van der Waals surface area contributed by atoms with Crippen LogP contribution in [0.3, 0.4) is 0 Å². The third kappa shape index (κ3) is 6.65. The maximum absolute atomic E-state index is 11.9. The number of likely N-dealkylation sites (tertiary alicyclic amines) is 1. The molecule has 1 amide bonds. The van der Waals surface area contributed by atoms with E-state index in [9.17, 15) is 4.79 Å². The Labute approximate surface area is 197 Å². The smallest absolute Gasteiger partial charge is 0.222 e. The molecule has 3 rings (SSSR count). The van der Waals surface area contributed by atoms with Gasteiger partial charge in [-0.2, -0.15) is 0 Å². The van der Waals surface area contributed by atoms with Gasteiger partial charge in [0.15, 0.2) is 5.96 Å². The lowest BCUT2D eigenvalue weighted by atomic mass is 10.1. The van der Waals surface area contributed by atoms with E-state index in [0.29, 0.717) is 12.3 Å². The first-order valence-corrected chi connectivity index (χ1v) is 10.8. The standard InChI is InChI=1S/C22H35N5O2.HI/c1-4-21(28)27-12-10-18(16-27)25-22(23-5-2)24-14-17-9-11-26(15-17)19-7-6-8-20(13-19)29-3;/h6-8,13,17-18H,4-5,9-12,14-16H2,1-3H3,(H2,23,24,25);1H. The van der Waals surface area contributed by atoms with E-state index >= 15 is 0 Å². The Morgan fingerprint density at radius 3 is 2.80 bits per heavy atom. The van der Waals surface area contributed by atoms with Crippen LogP contribution in [0.2, 0.25) is 0 Å². The highest BCUT2D eigenvalue weighted by molar-refractivity contribution is 14.0. The maximum Gasteiger partial charge on any atom is 0.222 e. The molecule has 0 spiro atoms. The van der Waals surface area contributed by atoms with Crippen LogP contribution in [0.4, 0.5) is 5.69 Å². The molecule has 2 N–H and O–H groups in total. The normalized spacial score (nSPS) is 21.4. The molecular weight excluding hydrogens is 493 g/mol. The number of nitrogens with one attached hydrogen (secondary N) is 2. The molecule has 2 heterocycles. The van der Waals surface area contributed by atoms with Gasteiger partial charge in [-0.1, -0.05) is 13.0 Å². The first-order valence-electron chi connectivity index (χ1n) is 10.8. The Bertz CT molecular complexity index is 715. The number of methoxy groups -OCH3 is 1. The highest BCUT2D eigenvalue weighted by Crippen LogP contribution is 2.27. The van der Waals surface area contributed by atoms with Crippen molar-refractivity contribution in [2.75, 3.05) is 51.3 Å². The molecule has 2 fully saturated rings. The summed E-state index contributed by atoms with van der Waals surface area (Å²) in [5.41, 5.74) is 1.22. The second-order valence-corrected chi connectivity index (χ2v) is 7.85. The molecule has 2 aliphatic heterocycles. The topological polar surface area (TPSA) is 69.2 Å². The van der Waals surface area contributed by atoms with Gasteiger partial charge in [-0.3, -0.25) is 9.79 Å². The van der Waals surface area contributed by atoms with Gasteiger partial charge >= 0.3 is 0 Å². The molecule has 8 heteroatoms. The number of aliphatic imine (C=N–C) groups is 1. The Morgan fingerprint density at radius 1 is 1.23 bits per heavy atom. The van der Waals surface area contributed by atoms with Gasteiger partial charge in [0.2, 0.25) is 5.91 Å². The molecule has 1 aromatic carbocycles. The molecule has 0 aromatic heterocycles. The van der Waals surface area contributed by atoms with Crippen molar-refractivity contribution in [1.29, 1.82) is 0 Å². The zero-order chi connectivity index (χ0) is 20.6. The fourth-order valence-electron chi connectivity index (χ4n) is 4.09. The van der Waals surface area contributed by atoms with E-state index in [4.69, 9.17) is 9.73 Å². The van der Waals surface area contributed by atoms with Crippen molar-refractivity contribution in [3.05, 3.63) is 24.3 Å². The van der Waals surface area contributed by atoms with Crippen molar-refractivity contribution in [1.82, 2.24) is 15.5 Å². The van der Waals surface area contributed by atoms with Crippen molar-refractivity contribution in [2.45, 2.75) is 39.2 Å². The SMILES string of the molecule is CCNC(=NCC1CCN(c2cccc(OC)c2)C1)NC1CCN(C(=O)CC)C1.I. The van der Waals surface area contributed by atoms with Crippen LogP contribution >= 0.6 is 24.0 Å². The number of halogens is 1. The Hall–Kier alpha value is -1.71. The van der Waals surface area contributed by atoms with Gasteiger partial charge in [0.25, 0.3) is 0 Å². The molecule has 0 aliphatic carbocycles. The van der Waals surface area contributed by atoms with E-state index in [1.165, 1.54) is 5.69 Å². The molecule has 2 aliphatic rings. The predicted octanol–water partition coefficient (Wildman–Crippen LogP) is 2.71. The summed E-state index contributed by atoms with van der Waals surface area (Å²) in [6.45, 7) is 9.30. The Balaban J connectivity index is 0.00000320. The minimum atomic E-state index is 0. The average Bonchev–Trinajstić information content (AvgIpc) is 3.41. The average molecular weight is 529 g/mol. The highest BCUT2D eigenvalue weighted by atomic mass is 127. The van der Waals surface area contributed by atoms with E-state index in [-0.39, 0.29) is 35.9 Å². The molecule has 30 heavy (non-hydrogen) atoms. The summed E-state index contributed by atoms with van der Waals surface area (Å²) in [6, 6.07) is 8.54. The predicted molar refractivity (Wildman–Crippen MR) is 133 cm³/mol. The minimum Gasteiger partial charge on any atom is -0.497 e. The number of carbonyl (C=O) groups is 1. The molecule has 0 saturated carbocycles. The highest BCUT2D eigenvalue weighted by Gasteiger charge is 2.26. The van der Waals surface area contributed by atoms with Crippen LogP contribution in [-0.2, 0) is 4.79 Å². The number of amides is 1. The number of benzene rings is 1. The van der Waals surface area contributed by atoms with Crippen LogP contribution in [0, 0.1) is 5.92 Å². The maximum atomic E-state index is 11.9. The molecule has 1 aromatic rings. The second-order valence-electron chi connectivity index (χ2n) is 7.85. The van der Waals surface area contributed by atoms with Gasteiger partial charge in [-0.25, -0.2) is 0 Å². The molecule has 7 nitrogen and oxygen atoms in total. The molecule has 168 valence electrons. The monoisotopic (exact) mass is 529 g/mol. The van der Waals surface area contributed by atoms with Gasteiger partial charge in [0, 0.05) is 63.5 Å². The molecule has 2 saturated heterocycles. The molecule has 2 unspecified atom stereocenters. The van der Waals surface area contributed by atoms with Crippen molar-refractivity contribution < 1.29 is 9.53 Å². The van der Waals surface area contributed by atoms with E-state index < -0.39 is 0 Å². The van der Waals surface area contributed by atoms with Crippen LogP contribution in [0.5, 0.6) is 5.75 Å². The summed E-state index contributed by atoms with van der Waals surface area (Å²) in [5.74, 6) is 2.54. The van der Waals surface area contributed by atoms with Gasteiger partial charge in [-0.15, -0.1) is 24.0 Å². The Morgan fingerprint density at radius 2 is 2.07 bits per heavy atom. The van der Waals surface area contributed by atoms with Crippen LogP contribution < -0.4 is 20.3 Å². The summed E-state index contributed by atoms with van der Waals surface area (Å²) in [6.07, 6.45) is 2.69. The zero-order valence-electron chi connectivity index (χ0n) is 18.4.